The number of halogens is 1. The molecule has 2 aromatic carbocycles. The van der Waals surface area contributed by atoms with Crippen LogP contribution in [-0.4, -0.2) is 42.9 Å². The third-order valence-corrected chi connectivity index (χ3v) is 3.76. The number of esters is 1. The van der Waals surface area contributed by atoms with Gasteiger partial charge in [0.25, 0.3) is 5.91 Å². The number of hydrogen-bond donors (Lipinski definition) is 1. The maximum absolute atomic E-state index is 12.8. The van der Waals surface area contributed by atoms with Crippen LogP contribution < -0.4 is 5.32 Å². The first-order valence-corrected chi connectivity index (χ1v) is 8.54. The Balaban J connectivity index is 1.75. The van der Waals surface area contributed by atoms with E-state index in [9.17, 15) is 18.8 Å². The topological polar surface area (TPSA) is 75.7 Å². The van der Waals surface area contributed by atoms with Crippen molar-refractivity contribution in [3.05, 3.63) is 71.6 Å². The van der Waals surface area contributed by atoms with Gasteiger partial charge in [-0.15, -0.1) is 0 Å². The van der Waals surface area contributed by atoms with Crippen LogP contribution in [-0.2, 0) is 19.1 Å². The van der Waals surface area contributed by atoms with Gasteiger partial charge in [-0.05, 0) is 42.8 Å². The fourth-order valence-electron chi connectivity index (χ4n) is 2.17. The minimum atomic E-state index is -0.655. The highest BCUT2D eigenvalue weighted by Gasteiger charge is 2.14. The number of rotatable bonds is 7. The summed E-state index contributed by atoms with van der Waals surface area (Å²) >= 11 is 0. The monoisotopic (exact) mass is 384 g/mol. The highest BCUT2D eigenvalue weighted by molar-refractivity contribution is 5.95. The van der Waals surface area contributed by atoms with Crippen LogP contribution in [0.2, 0.25) is 0 Å². The zero-order chi connectivity index (χ0) is 20.5. The molecule has 0 radical (unpaired) electrons. The van der Waals surface area contributed by atoms with Crippen LogP contribution in [0.4, 0.5) is 10.1 Å². The van der Waals surface area contributed by atoms with Gasteiger partial charge in [-0.1, -0.05) is 29.8 Å². The number of anilines is 1. The smallest absolute Gasteiger partial charge is 0.331 e. The normalized spacial score (nSPS) is 10.5. The van der Waals surface area contributed by atoms with E-state index in [4.69, 9.17) is 4.74 Å². The van der Waals surface area contributed by atoms with E-state index in [-0.39, 0.29) is 6.54 Å². The predicted octanol–water partition coefficient (Wildman–Crippen LogP) is 2.79. The van der Waals surface area contributed by atoms with Crippen molar-refractivity contribution in [3.8, 4) is 0 Å². The molecule has 0 fully saturated rings. The standard InChI is InChI=1S/C21H21FN2O4/c1-15-3-5-16(6-4-15)7-12-21(27)28-14-20(26)24(2)13-19(25)23-18-10-8-17(22)9-11-18/h3-12H,13-14H2,1-2H3,(H,23,25)/b12-7+. The first-order chi connectivity index (χ1) is 13.3. The number of nitrogens with zero attached hydrogens (tertiary/aromatic N) is 1. The van der Waals surface area contributed by atoms with Gasteiger partial charge in [0.15, 0.2) is 6.61 Å². The van der Waals surface area contributed by atoms with E-state index in [0.29, 0.717) is 5.69 Å². The zero-order valence-corrected chi connectivity index (χ0v) is 15.6. The molecule has 0 aliphatic carbocycles. The predicted molar refractivity (Wildman–Crippen MR) is 104 cm³/mol. The van der Waals surface area contributed by atoms with E-state index in [0.717, 1.165) is 16.0 Å². The van der Waals surface area contributed by atoms with Crippen LogP contribution in [0.3, 0.4) is 0 Å². The van der Waals surface area contributed by atoms with Crippen molar-refractivity contribution in [2.75, 3.05) is 25.5 Å². The lowest BCUT2D eigenvalue weighted by atomic mass is 10.1. The molecule has 0 saturated heterocycles. The molecule has 0 aromatic heterocycles. The molecule has 0 atom stereocenters. The molecule has 0 aliphatic rings. The molecule has 0 unspecified atom stereocenters. The molecule has 2 amide bonds. The van der Waals surface area contributed by atoms with Gasteiger partial charge in [0.05, 0.1) is 6.54 Å². The number of aryl methyl sites for hydroxylation is 1. The molecule has 2 rings (SSSR count). The number of benzene rings is 2. The molecule has 2 aromatic rings. The average molecular weight is 384 g/mol. The second-order valence-corrected chi connectivity index (χ2v) is 6.16. The van der Waals surface area contributed by atoms with E-state index < -0.39 is 30.2 Å². The molecule has 0 bridgehead atoms. The number of carbonyl (C=O) groups excluding carboxylic acids is 3. The summed E-state index contributed by atoms with van der Waals surface area (Å²) in [6.07, 6.45) is 2.82. The summed E-state index contributed by atoms with van der Waals surface area (Å²) in [7, 11) is 1.42. The lowest BCUT2D eigenvalue weighted by molar-refractivity contribution is -0.148. The molecule has 0 aliphatic heterocycles. The van der Waals surface area contributed by atoms with Gasteiger partial charge in [0, 0.05) is 18.8 Å². The Labute approximate surface area is 162 Å². The summed E-state index contributed by atoms with van der Waals surface area (Å²) in [6, 6.07) is 12.8. The molecule has 0 heterocycles. The molecule has 146 valence electrons. The molecule has 7 heteroatoms. The summed E-state index contributed by atoms with van der Waals surface area (Å²) in [4.78, 5) is 36.7. The third kappa shape index (κ3) is 7.03. The van der Waals surface area contributed by atoms with Crippen LogP contribution in [0.15, 0.2) is 54.6 Å². The van der Waals surface area contributed by atoms with Crippen molar-refractivity contribution in [1.82, 2.24) is 4.90 Å². The van der Waals surface area contributed by atoms with Gasteiger partial charge in [-0.2, -0.15) is 0 Å². The second-order valence-electron chi connectivity index (χ2n) is 6.16. The number of hydrogen-bond acceptors (Lipinski definition) is 4. The van der Waals surface area contributed by atoms with E-state index in [2.05, 4.69) is 5.32 Å². The van der Waals surface area contributed by atoms with Crippen molar-refractivity contribution in [3.63, 3.8) is 0 Å². The Kier molecular flexibility index (Phi) is 7.45. The fourth-order valence-corrected chi connectivity index (χ4v) is 2.17. The van der Waals surface area contributed by atoms with Crippen molar-refractivity contribution in [2.24, 2.45) is 0 Å². The largest absolute Gasteiger partial charge is 0.452 e. The van der Waals surface area contributed by atoms with Crippen molar-refractivity contribution < 1.29 is 23.5 Å². The molecule has 1 N–H and O–H groups in total. The first kappa shape index (κ1) is 20.8. The number of likely N-dealkylation sites (N-methyl/N-ethyl adjacent to an activating group) is 1. The Hall–Kier alpha value is -3.48. The van der Waals surface area contributed by atoms with Crippen LogP contribution in [0.1, 0.15) is 11.1 Å². The number of ether oxygens (including phenoxy) is 1. The van der Waals surface area contributed by atoms with Crippen LogP contribution >= 0.6 is 0 Å². The molecule has 28 heavy (non-hydrogen) atoms. The fraction of sp³-hybridized carbons (Fsp3) is 0.190. The van der Waals surface area contributed by atoms with Crippen LogP contribution in [0, 0.1) is 12.7 Å². The zero-order valence-electron chi connectivity index (χ0n) is 15.6. The minimum Gasteiger partial charge on any atom is -0.452 e. The summed E-state index contributed by atoms with van der Waals surface area (Å²) < 4.78 is 17.7. The Morgan fingerprint density at radius 3 is 2.36 bits per heavy atom. The molecule has 0 saturated carbocycles. The molecule has 6 nitrogen and oxygen atoms in total. The Morgan fingerprint density at radius 2 is 1.71 bits per heavy atom. The SMILES string of the molecule is Cc1ccc(/C=C/C(=O)OCC(=O)N(C)CC(=O)Nc2ccc(F)cc2)cc1. The van der Waals surface area contributed by atoms with Gasteiger partial charge in [-0.3, -0.25) is 9.59 Å². The molecular weight excluding hydrogens is 363 g/mol. The number of nitrogens with one attached hydrogen (secondary N) is 1. The summed E-state index contributed by atoms with van der Waals surface area (Å²) in [6.45, 7) is 1.26. The van der Waals surface area contributed by atoms with Crippen molar-refractivity contribution in [2.45, 2.75) is 6.92 Å². The van der Waals surface area contributed by atoms with Crippen molar-refractivity contribution in [1.29, 1.82) is 0 Å². The van der Waals surface area contributed by atoms with Gasteiger partial charge in [0.2, 0.25) is 5.91 Å². The highest BCUT2D eigenvalue weighted by atomic mass is 19.1. The highest BCUT2D eigenvalue weighted by Crippen LogP contribution is 2.08. The maximum Gasteiger partial charge on any atom is 0.331 e. The van der Waals surface area contributed by atoms with Gasteiger partial charge < -0.3 is 15.0 Å². The maximum atomic E-state index is 12.8. The molecular formula is C21H21FN2O4. The van der Waals surface area contributed by atoms with E-state index in [1.54, 1.807) is 6.08 Å². The number of carbonyl (C=O) groups is 3. The third-order valence-electron chi connectivity index (χ3n) is 3.76. The second kappa shape index (κ2) is 10.0. The Bertz CT molecular complexity index is 861. The van der Waals surface area contributed by atoms with Gasteiger partial charge in [0.1, 0.15) is 5.82 Å². The van der Waals surface area contributed by atoms with E-state index in [1.807, 2.05) is 31.2 Å². The lowest BCUT2D eigenvalue weighted by Crippen LogP contribution is -2.37. The Morgan fingerprint density at radius 1 is 1.07 bits per heavy atom. The summed E-state index contributed by atoms with van der Waals surface area (Å²) in [5, 5.41) is 2.54. The van der Waals surface area contributed by atoms with Gasteiger partial charge >= 0.3 is 5.97 Å². The summed E-state index contributed by atoms with van der Waals surface area (Å²) in [5.74, 6) is -2.04. The number of amides is 2. The summed E-state index contributed by atoms with van der Waals surface area (Å²) in [5.41, 5.74) is 2.36. The molecule has 0 spiro atoms. The first-order valence-electron chi connectivity index (χ1n) is 8.54. The van der Waals surface area contributed by atoms with Crippen LogP contribution in [0.5, 0.6) is 0 Å². The minimum absolute atomic E-state index is 0.229. The average Bonchev–Trinajstić information content (AvgIpc) is 2.67. The van der Waals surface area contributed by atoms with Crippen LogP contribution in [0.25, 0.3) is 6.08 Å². The van der Waals surface area contributed by atoms with Crippen molar-refractivity contribution >= 4 is 29.5 Å². The van der Waals surface area contributed by atoms with Gasteiger partial charge in [-0.25, -0.2) is 9.18 Å². The quantitative estimate of drug-likeness (QED) is 0.588. The van der Waals surface area contributed by atoms with E-state index in [1.165, 1.54) is 37.4 Å². The van der Waals surface area contributed by atoms with E-state index >= 15 is 0 Å². The lowest BCUT2D eigenvalue weighted by Gasteiger charge is -2.16.